The van der Waals surface area contributed by atoms with Gasteiger partial charge in [0.15, 0.2) is 5.84 Å². The number of halogens is 3. The van der Waals surface area contributed by atoms with Gasteiger partial charge in [-0.2, -0.15) is 31.4 Å². The predicted octanol–water partition coefficient (Wildman–Crippen LogP) is -0.677. The number of nitrogens with one attached hydrogen (secondary N) is 2. The average molecular weight is 316 g/mol. The van der Waals surface area contributed by atoms with Gasteiger partial charge in [-0.3, -0.25) is 9.40 Å². The highest BCUT2D eigenvalue weighted by Gasteiger charge is 2.30. The van der Waals surface area contributed by atoms with Crippen LogP contribution in [0.4, 0.5) is 19.0 Å². The third-order valence-corrected chi connectivity index (χ3v) is 3.00. The normalized spacial score (nSPS) is 13.5. The molecule has 1 heterocycles. The minimum absolute atomic E-state index is 0.0904. The number of alkyl halides is 3. The zero-order chi connectivity index (χ0) is 15.6. The number of anilines is 1. The molecule has 0 bridgehead atoms. The molecule has 5 N–H and O–H groups in total. The first kappa shape index (κ1) is 16.0. The van der Waals surface area contributed by atoms with Crippen LogP contribution in [-0.2, 0) is 17.3 Å². The Balaban J connectivity index is 2.96. The lowest BCUT2D eigenvalue weighted by molar-refractivity contribution is -0.121. The van der Waals surface area contributed by atoms with Gasteiger partial charge in [-0.05, 0) is 0 Å². The summed E-state index contributed by atoms with van der Waals surface area (Å²) in [6.45, 7) is -1.74. The Morgan fingerprint density at radius 1 is 1.60 bits per heavy atom. The summed E-state index contributed by atoms with van der Waals surface area (Å²) >= 11 is 0. The number of amidine groups is 1. The van der Waals surface area contributed by atoms with E-state index in [1.165, 1.54) is 11.8 Å². The number of hydrogen-bond donors (Lipinski definition) is 4. The van der Waals surface area contributed by atoms with Crippen LogP contribution in [0.5, 0.6) is 0 Å². The highest BCUT2D eigenvalue weighted by atomic mass is 32.2. The molecule has 0 unspecified atom stereocenters. The fourth-order valence-electron chi connectivity index (χ4n) is 1.14. The third kappa shape index (κ3) is 4.27. The second-order valence-electron chi connectivity index (χ2n) is 3.56. The minimum atomic E-state index is -4.70. The maximum atomic E-state index is 12.0. The van der Waals surface area contributed by atoms with Crippen LogP contribution >= 0.6 is 0 Å². The van der Waals surface area contributed by atoms with Gasteiger partial charge in [0.2, 0.25) is 0 Å². The molecule has 114 valence electrons. The topological polar surface area (TPSA) is 135 Å². The van der Waals surface area contributed by atoms with Crippen LogP contribution in [0.15, 0.2) is 11.4 Å². The molecule has 0 radical (unpaired) electrons. The van der Waals surface area contributed by atoms with Gasteiger partial charge in [-0.25, -0.2) is 0 Å². The van der Waals surface area contributed by atoms with Crippen molar-refractivity contribution in [1.29, 1.82) is 0 Å². The molecule has 0 amide bonds. The van der Waals surface area contributed by atoms with E-state index in [1.807, 2.05) is 4.72 Å². The van der Waals surface area contributed by atoms with Gasteiger partial charge in [0, 0.05) is 7.05 Å². The number of aromatic nitrogens is 2. The van der Waals surface area contributed by atoms with Gasteiger partial charge in [-0.1, -0.05) is 5.16 Å². The number of hydrogen-bond acceptors (Lipinski definition) is 5. The summed E-state index contributed by atoms with van der Waals surface area (Å²) in [5.74, 6) is -0.707. The molecular formula is C7H11F3N6O3S. The lowest BCUT2D eigenvalue weighted by Crippen LogP contribution is -2.38. The van der Waals surface area contributed by atoms with Crippen molar-refractivity contribution in [3.8, 4) is 0 Å². The van der Waals surface area contributed by atoms with E-state index in [0.29, 0.717) is 0 Å². The monoisotopic (exact) mass is 316 g/mol. The van der Waals surface area contributed by atoms with Gasteiger partial charge in [-0.15, -0.1) is 0 Å². The largest absolute Gasteiger partial charge is 0.409 e. The van der Waals surface area contributed by atoms with E-state index >= 15 is 0 Å². The number of rotatable bonds is 5. The SMILES string of the molecule is Cn1ncc(C(N)=NO)c1NS(=O)(=O)NCC(F)(F)F. The van der Waals surface area contributed by atoms with Crippen LogP contribution in [0.1, 0.15) is 5.56 Å². The maximum Gasteiger partial charge on any atom is 0.402 e. The summed E-state index contributed by atoms with van der Waals surface area (Å²) in [7, 11) is -3.18. The first-order chi connectivity index (χ1) is 9.06. The number of aryl methyl sites for hydroxylation is 1. The Hall–Kier alpha value is -2.02. The molecular weight excluding hydrogens is 305 g/mol. The number of oxime groups is 1. The molecule has 0 atom stereocenters. The molecule has 0 aromatic carbocycles. The summed E-state index contributed by atoms with van der Waals surface area (Å²) in [6, 6.07) is 0. The van der Waals surface area contributed by atoms with E-state index in [-0.39, 0.29) is 11.4 Å². The molecule has 0 saturated carbocycles. The van der Waals surface area contributed by atoms with Crippen molar-refractivity contribution in [2.45, 2.75) is 6.18 Å². The van der Waals surface area contributed by atoms with E-state index < -0.39 is 28.8 Å². The molecule has 0 aliphatic rings. The lowest BCUT2D eigenvalue weighted by atomic mass is 10.3. The predicted molar refractivity (Wildman–Crippen MR) is 62.3 cm³/mol. The van der Waals surface area contributed by atoms with Crippen molar-refractivity contribution in [2.75, 3.05) is 11.3 Å². The molecule has 0 saturated heterocycles. The van der Waals surface area contributed by atoms with Crippen molar-refractivity contribution in [3.63, 3.8) is 0 Å². The van der Waals surface area contributed by atoms with Gasteiger partial charge in [0.1, 0.15) is 12.4 Å². The zero-order valence-corrected chi connectivity index (χ0v) is 10.8. The highest BCUT2D eigenvalue weighted by molar-refractivity contribution is 7.90. The van der Waals surface area contributed by atoms with Crippen molar-refractivity contribution in [1.82, 2.24) is 14.5 Å². The third-order valence-electron chi connectivity index (χ3n) is 2.02. The summed E-state index contributed by atoms with van der Waals surface area (Å²) in [5, 5.41) is 14.8. The first-order valence-corrected chi connectivity index (χ1v) is 6.38. The molecule has 0 spiro atoms. The average Bonchev–Trinajstić information content (AvgIpc) is 2.67. The van der Waals surface area contributed by atoms with Crippen molar-refractivity contribution >= 4 is 21.9 Å². The maximum absolute atomic E-state index is 12.0. The summed E-state index contributed by atoms with van der Waals surface area (Å²) in [5.41, 5.74) is 5.19. The highest BCUT2D eigenvalue weighted by Crippen LogP contribution is 2.16. The standard InChI is InChI=1S/C7H11F3N6O3S/c1-16-6(4(2-12-16)5(11)14-17)15-20(18,19)13-3-7(8,9)10/h2,13,15,17H,3H2,1H3,(H2,11,14). The van der Waals surface area contributed by atoms with Crippen LogP contribution in [-0.4, -0.2) is 42.0 Å². The number of nitrogens with two attached hydrogens (primary N) is 1. The lowest BCUT2D eigenvalue weighted by Gasteiger charge is -2.12. The first-order valence-electron chi connectivity index (χ1n) is 4.90. The molecule has 13 heteroatoms. The Kier molecular flexibility index (Phi) is 4.44. The summed E-state index contributed by atoms with van der Waals surface area (Å²) in [4.78, 5) is 0. The van der Waals surface area contributed by atoms with Crippen LogP contribution in [0, 0.1) is 0 Å². The Bertz CT molecular complexity index is 608. The van der Waals surface area contributed by atoms with Gasteiger partial charge >= 0.3 is 16.4 Å². The van der Waals surface area contributed by atoms with Crippen LogP contribution < -0.4 is 15.2 Å². The van der Waals surface area contributed by atoms with E-state index in [2.05, 4.69) is 10.3 Å². The van der Waals surface area contributed by atoms with Gasteiger partial charge < -0.3 is 10.9 Å². The van der Waals surface area contributed by atoms with Crippen LogP contribution in [0.25, 0.3) is 0 Å². The summed E-state index contributed by atoms with van der Waals surface area (Å²) < 4.78 is 62.9. The van der Waals surface area contributed by atoms with E-state index in [9.17, 15) is 21.6 Å². The Morgan fingerprint density at radius 2 is 2.20 bits per heavy atom. The molecule has 9 nitrogen and oxygen atoms in total. The van der Waals surface area contributed by atoms with E-state index in [1.54, 1.807) is 0 Å². The van der Waals surface area contributed by atoms with Gasteiger partial charge in [0.25, 0.3) is 0 Å². The van der Waals surface area contributed by atoms with Gasteiger partial charge in [0.05, 0.1) is 11.8 Å². The summed E-state index contributed by atoms with van der Waals surface area (Å²) in [6.07, 6.45) is -3.62. The van der Waals surface area contributed by atoms with Crippen molar-refractivity contribution in [3.05, 3.63) is 11.8 Å². The Morgan fingerprint density at radius 3 is 2.70 bits per heavy atom. The fraction of sp³-hybridized carbons (Fsp3) is 0.429. The molecule has 1 aromatic rings. The molecule has 20 heavy (non-hydrogen) atoms. The van der Waals surface area contributed by atoms with E-state index in [4.69, 9.17) is 10.9 Å². The smallest absolute Gasteiger partial charge is 0.402 e. The molecule has 1 rings (SSSR count). The van der Waals surface area contributed by atoms with Crippen LogP contribution in [0.2, 0.25) is 0 Å². The zero-order valence-electron chi connectivity index (χ0n) is 10.0. The molecule has 0 aliphatic carbocycles. The molecule has 1 aromatic heterocycles. The fourth-order valence-corrected chi connectivity index (χ4v) is 2.06. The quantitative estimate of drug-likeness (QED) is 0.247. The number of nitrogens with zero attached hydrogens (tertiary/aromatic N) is 3. The minimum Gasteiger partial charge on any atom is -0.409 e. The van der Waals surface area contributed by atoms with Crippen molar-refractivity contribution < 1.29 is 26.8 Å². The second kappa shape index (κ2) is 5.54. The molecule has 0 fully saturated rings. The second-order valence-corrected chi connectivity index (χ2v) is 5.06. The van der Waals surface area contributed by atoms with Crippen molar-refractivity contribution in [2.24, 2.45) is 17.9 Å². The Labute approximate surface area is 111 Å². The van der Waals surface area contributed by atoms with E-state index in [0.717, 1.165) is 10.9 Å². The van der Waals surface area contributed by atoms with Crippen LogP contribution in [0.3, 0.4) is 0 Å². The molecule has 0 aliphatic heterocycles.